The number of nitrogens with one attached hydrogen (secondary N) is 2. The predicted molar refractivity (Wildman–Crippen MR) is 136 cm³/mol. The highest BCUT2D eigenvalue weighted by Gasteiger charge is 2.59. The molecule has 0 aromatic rings. The van der Waals surface area contributed by atoms with Gasteiger partial charge < -0.3 is 15.4 Å². The molecule has 0 unspecified atom stereocenters. The van der Waals surface area contributed by atoms with Crippen LogP contribution in [0.1, 0.15) is 78.6 Å². The summed E-state index contributed by atoms with van der Waals surface area (Å²) < 4.78 is 7.58. The Morgan fingerprint density at radius 3 is 2.84 bits per heavy atom. The molecule has 0 aromatic carbocycles. The van der Waals surface area contributed by atoms with E-state index in [4.69, 9.17) is 4.74 Å². The van der Waals surface area contributed by atoms with Crippen LogP contribution in [0.5, 0.6) is 0 Å². The molecule has 3 saturated heterocycles. The maximum Gasteiger partial charge on any atom is 0.220 e. The number of hydrogen-bond donors (Lipinski definition) is 2. The number of allylic oxidation sites excluding steroid dienone is 1. The van der Waals surface area contributed by atoms with Gasteiger partial charge in [-0.15, -0.1) is 0 Å². The summed E-state index contributed by atoms with van der Waals surface area (Å²) in [6.07, 6.45) is 11.0. The van der Waals surface area contributed by atoms with Gasteiger partial charge in [0.25, 0.3) is 0 Å². The van der Waals surface area contributed by atoms with Gasteiger partial charge in [-0.3, -0.25) is 4.79 Å². The van der Waals surface area contributed by atoms with Crippen molar-refractivity contribution >= 4 is 28.5 Å². The van der Waals surface area contributed by atoms with Gasteiger partial charge in [0.1, 0.15) is 0 Å². The van der Waals surface area contributed by atoms with Gasteiger partial charge in [-0.2, -0.15) is 0 Å². The van der Waals surface area contributed by atoms with Crippen LogP contribution < -0.4 is 10.6 Å². The summed E-state index contributed by atoms with van der Waals surface area (Å²) in [5.41, 5.74) is 3.80. The van der Waals surface area contributed by atoms with E-state index in [1.54, 1.807) is 11.1 Å². The molecule has 10 atom stereocenters. The molecular weight excluding hydrogens is 511 g/mol. The molecule has 32 heavy (non-hydrogen) atoms. The predicted octanol–water partition coefficient (Wildman–Crippen LogP) is 5.00. The second-order valence-electron chi connectivity index (χ2n) is 12.6. The van der Waals surface area contributed by atoms with Crippen molar-refractivity contribution in [1.29, 1.82) is 0 Å². The fourth-order valence-corrected chi connectivity index (χ4v) is 10.5. The number of ether oxygens (including phenoxy) is 1. The molecule has 3 heterocycles. The monoisotopic (exact) mass is 552 g/mol. The Hall–Kier alpha value is -0.140. The smallest absolute Gasteiger partial charge is 0.220 e. The van der Waals surface area contributed by atoms with Gasteiger partial charge in [0.05, 0.1) is 15.6 Å². The topological polar surface area (TPSA) is 50.4 Å². The van der Waals surface area contributed by atoms with Crippen LogP contribution in [-0.4, -0.2) is 40.7 Å². The zero-order chi connectivity index (χ0) is 22.3. The van der Waals surface area contributed by atoms with Crippen LogP contribution in [0, 0.1) is 35.0 Å². The molecular formula is C27H41IN2O2. The molecule has 1 amide bonds. The SMILES string of the molecule is CC1=C2C[C@H]3[C@@H](CC[C@@H]4CNC(=O)CC[C@@]43C)[C@@H]2CC[C@@]2(C1)O[C@@H]1C[C@H](C)CN[C@H]1[C@H]2I. The first-order valence-electron chi connectivity index (χ1n) is 13.3. The number of carbonyl (C=O) groups is 1. The molecule has 0 bridgehead atoms. The highest BCUT2D eigenvalue weighted by molar-refractivity contribution is 14.1. The molecule has 1 spiro atoms. The van der Waals surface area contributed by atoms with E-state index in [-0.39, 0.29) is 11.5 Å². The minimum absolute atomic E-state index is 0.0314. The quantitative estimate of drug-likeness (QED) is 0.253. The maximum atomic E-state index is 12.2. The maximum absolute atomic E-state index is 12.2. The van der Waals surface area contributed by atoms with Crippen LogP contribution in [0.15, 0.2) is 11.1 Å². The minimum Gasteiger partial charge on any atom is -0.369 e. The lowest BCUT2D eigenvalue weighted by atomic mass is 9.56. The molecule has 178 valence electrons. The Morgan fingerprint density at radius 1 is 1.16 bits per heavy atom. The van der Waals surface area contributed by atoms with E-state index in [9.17, 15) is 4.79 Å². The van der Waals surface area contributed by atoms with Gasteiger partial charge in [-0.05, 0) is 99.8 Å². The van der Waals surface area contributed by atoms with Gasteiger partial charge in [0, 0.05) is 19.0 Å². The van der Waals surface area contributed by atoms with Crippen molar-refractivity contribution in [3.63, 3.8) is 0 Å². The first kappa shape index (κ1) is 22.3. The number of amides is 1. The summed E-state index contributed by atoms with van der Waals surface area (Å²) in [7, 11) is 0. The summed E-state index contributed by atoms with van der Waals surface area (Å²) in [6.45, 7) is 9.38. The van der Waals surface area contributed by atoms with Gasteiger partial charge >= 0.3 is 0 Å². The molecule has 2 N–H and O–H groups in total. The average Bonchev–Trinajstić information content (AvgIpc) is 3.15. The number of hydrogen-bond acceptors (Lipinski definition) is 3. The largest absolute Gasteiger partial charge is 0.369 e. The van der Waals surface area contributed by atoms with Crippen LogP contribution in [0.25, 0.3) is 0 Å². The third-order valence-electron chi connectivity index (χ3n) is 10.9. The van der Waals surface area contributed by atoms with Crippen molar-refractivity contribution in [2.75, 3.05) is 13.1 Å². The van der Waals surface area contributed by atoms with E-state index in [0.29, 0.717) is 27.4 Å². The van der Waals surface area contributed by atoms with Crippen molar-refractivity contribution < 1.29 is 9.53 Å². The molecule has 2 saturated carbocycles. The van der Waals surface area contributed by atoms with Gasteiger partial charge in [0.15, 0.2) is 0 Å². The zero-order valence-corrected chi connectivity index (χ0v) is 22.2. The first-order valence-corrected chi connectivity index (χ1v) is 14.6. The van der Waals surface area contributed by atoms with Gasteiger partial charge in [-0.25, -0.2) is 0 Å². The number of alkyl halides is 1. The third kappa shape index (κ3) is 3.30. The van der Waals surface area contributed by atoms with Crippen molar-refractivity contribution in [3.8, 4) is 0 Å². The summed E-state index contributed by atoms with van der Waals surface area (Å²) in [6, 6.07) is 0.528. The molecule has 4 nitrogen and oxygen atoms in total. The summed E-state index contributed by atoms with van der Waals surface area (Å²) >= 11 is 2.74. The van der Waals surface area contributed by atoms with Crippen LogP contribution in [0.4, 0.5) is 0 Å². The highest BCUT2D eigenvalue weighted by Crippen LogP contribution is 2.63. The Kier molecular flexibility index (Phi) is 5.54. The minimum atomic E-state index is 0.0314. The molecule has 0 aromatic heterocycles. The Labute approximate surface area is 207 Å². The lowest BCUT2D eigenvalue weighted by Crippen LogP contribution is -2.50. The fourth-order valence-electron chi connectivity index (χ4n) is 9.13. The number of halogens is 1. The first-order chi connectivity index (χ1) is 15.3. The van der Waals surface area contributed by atoms with Crippen LogP contribution in [0.3, 0.4) is 0 Å². The third-order valence-corrected chi connectivity index (χ3v) is 12.8. The lowest BCUT2D eigenvalue weighted by molar-refractivity contribution is -0.121. The molecule has 6 rings (SSSR count). The summed E-state index contributed by atoms with van der Waals surface area (Å²) in [5.74, 6) is 4.00. The van der Waals surface area contributed by atoms with Crippen molar-refractivity contribution in [2.45, 2.75) is 100 Å². The van der Waals surface area contributed by atoms with E-state index in [0.717, 1.165) is 56.0 Å². The molecule has 3 aliphatic heterocycles. The van der Waals surface area contributed by atoms with E-state index < -0.39 is 0 Å². The molecule has 6 aliphatic rings. The Balaban J connectivity index is 1.28. The van der Waals surface area contributed by atoms with E-state index in [1.807, 2.05) is 0 Å². The molecule has 5 heteroatoms. The van der Waals surface area contributed by atoms with Crippen molar-refractivity contribution in [2.24, 2.45) is 35.0 Å². The lowest BCUT2D eigenvalue weighted by Gasteiger charge is -2.49. The van der Waals surface area contributed by atoms with Crippen molar-refractivity contribution in [1.82, 2.24) is 10.6 Å². The normalized spacial score (nSPS) is 53.1. The standard InChI is InChI=1S/C27H41IN2O2/c1-15-10-22-24(30-13-15)25(28)27(32-22)9-6-18-19-5-4-17-14-29-23(31)7-8-26(17,3)21(19)11-20(18)16(2)12-27/h15,17-19,21-22,24-25,30H,4-14H2,1-3H3,(H,29,31)/t15-,17+,18-,19-,21-,22+,24+,25+,26-,27-/m0/s1. The zero-order valence-electron chi connectivity index (χ0n) is 20.1. The second kappa shape index (κ2) is 7.94. The van der Waals surface area contributed by atoms with E-state index >= 15 is 0 Å². The van der Waals surface area contributed by atoms with Crippen LogP contribution >= 0.6 is 22.6 Å². The number of carbonyl (C=O) groups excluding carboxylic acids is 1. The number of fused-ring (bicyclic) bond motifs is 6. The number of rotatable bonds is 0. The van der Waals surface area contributed by atoms with Crippen LogP contribution in [-0.2, 0) is 9.53 Å². The summed E-state index contributed by atoms with van der Waals surface area (Å²) in [5, 5.41) is 7.07. The van der Waals surface area contributed by atoms with E-state index in [1.165, 1.54) is 38.5 Å². The highest BCUT2D eigenvalue weighted by atomic mass is 127. The molecule has 0 radical (unpaired) electrons. The number of piperidine rings is 1. The summed E-state index contributed by atoms with van der Waals surface area (Å²) in [4.78, 5) is 12.2. The van der Waals surface area contributed by atoms with Gasteiger partial charge in [0.2, 0.25) is 5.91 Å². The average molecular weight is 553 g/mol. The fraction of sp³-hybridized carbons (Fsp3) is 0.889. The van der Waals surface area contributed by atoms with Crippen LogP contribution in [0.2, 0.25) is 0 Å². The Bertz CT molecular complexity index is 828. The Morgan fingerprint density at radius 2 is 2.00 bits per heavy atom. The molecule has 3 aliphatic carbocycles. The van der Waals surface area contributed by atoms with Gasteiger partial charge in [-0.1, -0.05) is 47.6 Å². The second-order valence-corrected chi connectivity index (χ2v) is 13.9. The van der Waals surface area contributed by atoms with E-state index in [2.05, 4.69) is 54.0 Å². The van der Waals surface area contributed by atoms with Crippen molar-refractivity contribution in [3.05, 3.63) is 11.1 Å². The molecule has 5 fully saturated rings.